The summed E-state index contributed by atoms with van der Waals surface area (Å²) in [6.07, 6.45) is 9.48. The van der Waals surface area contributed by atoms with Crippen LogP contribution in [0.25, 0.3) is 10.9 Å². The van der Waals surface area contributed by atoms with E-state index in [0.29, 0.717) is 0 Å². The summed E-state index contributed by atoms with van der Waals surface area (Å²) in [6, 6.07) is 4.95. The van der Waals surface area contributed by atoms with Crippen molar-refractivity contribution in [2.24, 2.45) is 0 Å². The van der Waals surface area contributed by atoms with Crippen molar-refractivity contribution in [3.05, 3.63) is 35.3 Å². The Morgan fingerprint density at radius 2 is 2.00 bits per heavy atom. The Bertz CT molecular complexity index is 651. The highest BCUT2D eigenvalue weighted by atomic mass is 19.1. The van der Waals surface area contributed by atoms with Gasteiger partial charge in [-0.15, -0.1) is 0 Å². The van der Waals surface area contributed by atoms with E-state index in [0.717, 1.165) is 36.0 Å². The van der Waals surface area contributed by atoms with Gasteiger partial charge in [-0.2, -0.15) is 0 Å². The summed E-state index contributed by atoms with van der Waals surface area (Å²) < 4.78 is 13.7. The van der Waals surface area contributed by atoms with Gasteiger partial charge in [-0.3, -0.25) is 4.98 Å². The lowest BCUT2D eigenvalue weighted by molar-refractivity contribution is 0.629. The van der Waals surface area contributed by atoms with Gasteiger partial charge in [0.1, 0.15) is 5.82 Å². The molecule has 3 heteroatoms. The molecule has 0 saturated carbocycles. The zero-order valence-electron chi connectivity index (χ0n) is 13.4. The molecule has 1 heterocycles. The van der Waals surface area contributed by atoms with Crippen LogP contribution in [-0.2, 0) is 12.8 Å². The topological polar surface area (TPSA) is 24.9 Å². The van der Waals surface area contributed by atoms with Crippen molar-refractivity contribution in [2.75, 3.05) is 11.9 Å². The molecule has 1 aliphatic carbocycles. The number of nitrogens with one attached hydrogen (secondary N) is 1. The maximum absolute atomic E-state index is 13.7. The average Bonchev–Trinajstić information content (AvgIpc) is 2.54. The second kappa shape index (κ2) is 7.08. The minimum Gasteiger partial charge on any atom is -0.384 e. The quantitative estimate of drug-likeness (QED) is 0.737. The molecule has 0 atom stereocenters. The van der Waals surface area contributed by atoms with Crippen LogP contribution < -0.4 is 5.32 Å². The smallest absolute Gasteiger partial charge is 0.124 e. The van der Waals surface area contributed by atoms with E-state index in [-0.39, 0.29) is 5.82 Å². The summed E-state index contributed by atoms with van der Waals surface area (Å²) in [4.78, 5) is 4.77. The molecule has 0 unspecified atom stereocenters. The molecule has 1 aliphatic rings. The summed E-state index contributed by atoms with van der Waals surface area (Å²) in [5, 5.41) is 4.54. The molecule has 3 rings (SSSR count). The van der Waals surface area contributed by atoms with Crippen LogP contribution in [0.2, 0.25) is 0 Å². The number of unbranched alkanes of at least 4 members (excludes halogenated alkanes) is 3. The normalized spacial score (nSPS) is 14.1. The molecule has 0 aliphatic heterocycles. The Morgan fingerprint density at radius 1 is 1.14 bits per heavy atom. The monoisotopic (exact) mass is 300 g/mol. The van der Waals surface area contributed by atoms with Gasteiger partial charge in [-0.25, -0.2) is 4.39 Å². The van der Waals surface area contributed by atoms with E-state index in [1.807, 2.05) is 6.07 Å². The third-order valence-corrected chi connectivity index (χ3v) is 4.56. The molecule has 118 valence electrons. The molecule has 0 fully saturated rings. The van der Waals surface area contributed by atoms with Crippen LogP contribution in [0.4, 0.5) is 10.1 Å². The fourth-order valence-electron chi connectivity index (χ4n) is 3.36. The van der Waals surface area contributed by atoms with Crippen LogP contribution >= 0.6 is 0 Å². The molecule has 0 saturated heterocycles. The molecular weight excluding hydrogens is 275 g/mol. The standard InChI is InChI=1S/C19H25FN2/c1-2-3-4-7-12-21-19-15-8-5-6-9-17(15)22-18-11-10-14(20)13-16(18)19/h10-11,13H,2-9,12H2,1H3,(H,21,22). The number of hydrogen-bond donors (Lipinski definition) is 1. The largest absolute Gasteiger partial charge is 0.384 e. The summed E-state index contributed by atoms with van der Waals surface area (Å²) in [7, 11) is 0. The summed E-state index contributed by atoms with van der Waals surface area (Å²) >= 11 is 0. The molecule has 0 spiro atoms. The first-order valence-corrected chi connectivity index (χ1v) is 8.64. The first-order chi connectivity index (χ1) is 10.8. The highest BCUT2D eigenvalue weighted by Gasteiger charge is 2.18. The van der Waals surface area contributed by atoms with Gasteiger partial charge in [0.15, 0.2) is 0 Å². The summed E-state index contributed by atoms with van der Waals surface area (Å²) in [5.74, 6) is -0.181. The van der Waals surface area contributed by atoms with Gasteiger partial charge in [0.05, 0.1) is 5.52 Å². The van der Waals surface area contributed by atoms with E-state index in [1.54, 1.807) is 6.07 Å². The van der Waals surface area contributed by atoms with Gasteiger partial charge in [0.25, 0.3) is 0 Å². The van der Waals surface area contributed by atoms with E-state index in [2.05, 4.69) is 12.2 Å². The lowest BCUT2D eigenvalue weighted by atomic mass is 9.92. The summed E-state index contributed by atoms with van der Waals surface area (Å²) in [5.41, 5.74) is 4.58. The number of fused-ring (bicyclic) bond motifs is 2. The molecule has 2 nitrogen and oxygen atoms in total. The van der Waals surface area contributed by atoms with Crippen LogP contribution in [0.5, 0.6) is 0 Å². The number of hydrogen-bond acceptors (Lipinski definition) is 2. The van der Waals surface area contributed by atoms with Gasteiger partial charge in [-0.05, 0) is 55.9 Å². The predicted octanol–water partition coefficient (Wildman–Crippen LogP) is 5.24. The Balaban J connectivity index is 1.91. The molecule has 22 heavy (non-hydrogen) atoms. The number of aromatic nitrogens is 1. The first kappa shape index (κ1) is 15.3. The predicted molar refractivity (Wildman–Crippen MR) is 91.0 cm³/mol. The lowest BCUT2D eigenvalue weighted by Gasteiger charge is -2.21. The van der Waals surface area contributed by atoms with Crippen molar-refractivity contribution in [2.45, 2.75) is 58.3 Å². The van der Waals surface area contributed by atoms with Crippen LogP contribution in [0, 0.1) is 5.82 Å². The molecule has 0 bridgehead atoms. The van der Waals surface area contributed by atoms with Gasteiger partial charge in [0, 0.05) is 23.3 Å². The van der Waals surface area contributed by atoms with Crippen LogP contribution in [0.3, 0.4) is 0 Å². The highest BCUT2D eigenvalue weighted by molar-refractivity contribution is 5.93. The van der Waals surface area contributed by atoms with Crippen LogP contribution in [0.1, 0.15) is 56.7 Å². The molecule has 1 N–H and O–H groups in total. The van der Waals surface area contributed by atoms with Crippen molar-refractivity contribution in [1.82, 2.24) is 4.98 Å². The SMILES string of the molecule is CCCCCCNc1c2c(nc3ccc(F)cc13)CCCC2. The van der Waals surface area contributed by atoms with Crippen molar-refractivity contribution in [1.29, 1.82) is 0 Å². The molecule has 0 amide bonds. The third-order valence-electron chi connectivity index (χ3n) is 4.56. The first-order valence-electron chi connectivity index (χ1n) is 8.64. The molecule has 1 aromatic carbocycles. The number of anilines is 1. The van der Waals surface area contributed by atoms with E-state index in [1.165, 1.54) is 55.8 Å². The molecule has 0 radical (unpaired) electrons. The molecule has 2 aromatic rings. The second-order valence-corrected chi connectivity index (χ2v) is 6.27. The second-order valence-electron chi connectivity index (χ2n) is 6.27. The lowest BCUT2D eigenvalue weighted by Crippen LogP contribution is -2.12. The number of aryl methyl sites for hydroxylation is 1. The minimum absolute atomic E-state index is 0.181. The fraction of sp³-hybridized carbons (Fsp3) is 0.526. The van der Waals surface area contributed by atoms with Crippen LogP contribution in [-0.4, -0.2) is 11.5 Å². The van der Waals surface area contributed by atoms with Crippen molar-refractivity contribution < 1.29 is 4.39 Å². The number of pyridine rings is 1. The number of rotatable bonds is 6. The Kier molecular flexibility index (Phi) is 4.91. The Hall–Kier alpha value is -1.64. The van der Waals surface area contributed by atoms with E-state index >= 15 is 0 Å². The fourth-order valence-corrected chi connectivity index (χ4v) is 3.36. The maximum Gasteiger partial charge on any atom is 0.124 e. The molecular formula is C19H25FN2. The number of nitrogens with zero attached hydrogens (tertiary/aromatic N) is 1. The molecule has 1 aromatic heterocycles. The zero-order valence-corrected chi connectivity index (χ0v) is 13.4. The van der Waals surface area contributed by atoms with E-state index in [4.69, 9.17) is 4.98 Å². The van der Waals surface area contributed by atoms with E-state index < -0.39 is 0 Å². The zero-order chi connectivity index (χ0) is 15.4. The van der Waals surface area contributed by atoms with E-state index in [9.17, 15) is 4.39 Å². The van der Waals surface area contributed by atoms with Gasteiger partial charge >= 0.3 is 0 Å². The van der Waals surface area contributed by atoms with Crippen molar-refractivity contribution >= 4 is 16.6 Å². The van der Waals surface area contributed by atoms with Crippen molar-refractivity contribution in [3.63, 3.8) is 0 Å². The highest BCUT2D eigenvalue weighted by Crippen LogP contribution is 2.33. The van der Waals surface area contributed by atoms with Gasteiger partial charge < -0.3 is 5.32 Å². The van der Waals surface area contributed by atoms with Gasteiger partial charge in [0.2, 0.25) is 0 Å². The number of halogens is 1. The van der Waals surface area contributed by atoms with Gasteiger partial charge in [-0.1, -0.05) is 26.2 Å². The third kappa shape index (κ3) is 3.23. The number of benzene rings is 1. The Morgan fingerprint density at radius 3 is 2.86 bits per heavy atom. The minimum atomic E-state index is -0.181. The Labute approximate surface area is 132 Å². The maximum atomic E-state index is 13.7. The van der Waals surface area contributed by atoms with Crippen molar-refractivity contribution in [3.8, 4) is 0 Å². The average molecular weight is 300 g/mol. The van der Waals surface area contributed by atoms with Crippen LogP contribution in [0.15, 0.2) is 18.2 Å². The summed E-state index contributed by atoms with van der Waals surface area (Å²) in [6.45, 7) is 3.19.